The summed E-state index contributed by atoms with van der Waals surface area (Å²) in [5.41, 5.74) is 1.15. The van der Waals surface area contributed by atoms with Crippen LogP contribution in [0.4, 0.5) is 0 Å². The van der Waals surface area contributed by atoms with Crippen LogP contribution in [0.3, 0.4) is 0 Å². The smallest absolute Gasteiger partial charge is 0.279 e. The van der Waals surface area contributed by atoms with Crippen molar-refractivity contribution in [2.24, 2.45) is 0 Å². The molecule has 6 heteroatoms. The zero-order chi connectivity index (χ0) is 17.1. The molecule has 130 valence electrons. The van der Waals surface area contributed by atoms with Crippen LogP contribution in [0.2, 0.25) is 0 Å². The van der Waals surface area contributed by atoms with Gasteiger partial charge in [0.05, 0.1) is 0 Å². The van der Waals surface area contributed by atoms with E-state index < -0.39 is 10.2 Å². The molecule has 1 aliphatic heterocycles. The monoisotopic (exact) mass is 339 g/mol. The van der Waals surface area contributed by atoms with Crippen LogP contribution in [-0.2, 0) is 15.6 Å². The third-order valence-corrected chi connectivity index (χ3v) is 6.27. The molecule has 0 aromatic heterocycles. The number of hydrogen-bond donors (Lipinski definition) is 1. The Kier molecular flexibility index (Phi) is 5.84. The molecular weight excluding hydrogens is 310 g/mol. The Morgan fingerprint density at radius 1 is 1.13 bits per heavy atom. The van der Waals surface area contributed by atoms with Gasteiger partial charge >= 0.3 is 0 Å². The van der Waals surface area contributed by atoms with E-state index in [-0.39, 0.29) is 11.5 Å². The van der Waals surface area contributed by atoms with Crippen molar-refractivity contribution in [3.63, 3.8) is 0 Å². The summed E-state index contributed by atoms with van der Waals surface area (Å²) in [6.07, 6.45) is 0.754. The third-order valence-electron chi connectivity index (χ3n) is 4.52. The van der Waals surface area contributed by atoms with E-state index >= 15 is 0 Å². The maximum atomic E-state index is 12.5. The minimum absolute atomic E-state index is 0.0781. The highest BCUT2D eigenvalue weighted by Gasteiger charge is 2.29. The molecule has 2 rings (SSSR count). The lowest BCUT2D eigenvalue weighted by atomic mass is 9.79. The van der Waals surface area contributed by atoms with Crippen LogP contribution >= 0.6 is 0 Å². The summed E-state index contributed by atoms with van der Waals surface area (Å²) in [7, 11) is -1.39. The second-order valence-electron chi connectivity index (χ2n) is 7.18. The van der Waals surface area contributed by atoms with Crippen LogP contribution in [-0.4, -0.2) is 56.9 Å². The molecule has 5 nitrogen and oxygen atoms in total. The van der Waals surface area contributed by atoms with Crippen molar-refractivity contribution in [2.75, 3.05) is 33.2 Å². The number of benzene rings is 1. The minimum atomic E-state index is -3.40. The fraction of sp³-hybridized carbons (Fsp3) is 0.647. The van der Waals surface area contributed by atoms with Crippen LogP contribution < -0.4 is 4.72 Å². The van der Waals surface area contributed by atoms with Crippen molar-refractivity contribution in [3.05, 3.63) is 35.9 Å². The summed E-state index contributed by atoms with van der Waals surface area (Å²) < 4.78 is 29.4. The van der Waals surface area contributed by atoms with Crippen molar-refractivity contribution < 1.29 is 8.42 Å². The van der Waals surface area contributed by atoms with Crippen molar-refractivity contribution in [1.82, 2.24) is 13.9 Å². The van der Waals surface area contributed by atoms with Gasteiger partial charge < -0.3 is 4.90 Å². The van der Waals surface area contributed by atoms with Crippen LogP contribution in [0.5, 0.6) is 0 Å². The second-order valence-corrected chi connectivity index (χ2v) is 8.88. The number of hydrogen-bond acceptors (Lipinski definition) is 3. The van der Waals surface area contributed by atoms with Crippen LogP contribution in [0.1, 0.15) is 32.8 Å². The Balaban J connectivity index is 1.97. The molecule has 1 aromatic rings. The summed E-state index contributed by atoms with van der Waals surface area (Å²) in [4.78, 5) is 2.15. The van der Waals surface area contributed by atoms with E-state index in [1.807, 2.05) is 32.2 Å². The molecule has 1 saturated heterocycles. The average Bonchev–Trinajstić information content (AvgIpc) is 2.47. The van der Waals surface area contributed by atoms with E-state index in [0.29, 0.717) is 13.1 Å². The van der Waals surface area contributed by atoms with E-state index in [2.05, 4.69) is 35.6 Å². The van der Waals surface area contributed by atoms with E-state index in [1.54, 1.807) is 4.31 Å². The van der Waals surface area contributed by atoms with Crippen LogP contribution in [0, 0.1) is 0 Å². The fourth-order valence-corrected chi connectivity index (χ4v) is 4.56. The van der Waals surface area contributed by atoms with E-state index in [0.717, 1.165) is 19.5 Å². The van der Waals surface area contributed by atoms with Gasteiger partial charge in [0.2, 0.25) is 0 Å². The molecule has 1 aliphatic rings. The third kappa shape index (κ3) is 5.01. The lowest BCUT2D eigenvalue weighted by molar-refractivity contribution is 0.220. The lowest BCUT2D eigenvalue weighted by Gasteiger charge is -2.34. The van der Waals surface area contributed by atoms with Crippen molar-refractivity contribution in [1.29, 1.82) is 0 Å². The molecule has 1 fully saturated rings. The number of piperazine rings is 1. The highest BCUT2D eigenvalue weighted by molar-refractivity contribution is 7.87. The van der Waals surface area contributed by atoms with E-state index in [4.69, 9.17) is 0 Å². The predicted octanol–water partition coefficient (Wildman–Crippen LogP) is 1.82. The van der Waals surface area contributed by atoms with Crippen molar-refractivity contribution in [2.45, 2.75) is 38.6 Å². The number of rotatable bonds is 6. The van der Waals surface area contributed by atoms with Gasteiger partial charge in [-0.3, -0.25) is 0 Å². The average molecular weight is 340 g/mol. The van der Waals surface area contributed by atoms with Gasteiger partial charge in [0.25, 0.3) is 10.2 Å². The van der Waals surface area contributed by atoms with E-state index in [9.17, 15) is 8.42 Å². The Morgan fingerprint density at radius 3 is 2.26 bits per heavy atom. The first-order valence-corrected chi connectivity index (χ1v) is 9.66. The Morgan fingerprint density at radius 2 is 1.70 bits per heavy atom. The summed E-state index contributed by atoms with van der Waals surface area (Å²) in [6, 6.07) is 10.1. The Bertz CT molecular complexity index is 594. The molecule has 0 aliphatic carbocycles. The second kappa shape index (κ2) is 7.30. The minimum Gasteiger partial charge on any atom is -0.304 e. The molecule has 23 heavy (non-hydrogen) atoms. The summed E-state index contributed by atoms with van der Waals surface area (Å²) in [5, 5.41) is 0. The largest absolute Gasteiger partial charge is 0.304 e. The van der Waals surface area contributed by atoms with Gasteiger partial charge in [-0.1, -0.05) is 44.2 Å². The standard InChI is InChI=1S/C17H29N3O2S/c1-15(14-17(2,3)16-8-6-5-7-9-16)18-23(21,22)20-12-10-19(4)11-13-20/h5-9,15,18H,10-14H2,1-4H3/t15-/m1/s1. The maximum Gasteiger partial charge on any atom is 0.279 e. The molecule has 0 amide bonds. The van der Waals surface area contributed by atoms with Gasteiger partial charge in [0.15, 0.2) is 0 Å². The summed E-state index contributed by atoms with van der Waals surface area (Å²) in [6.45, 7) is 8.93. The Hall–Kier alpha value is -0.950. The molecule has 0 bridgehead atoms. The Labute approximate surface area is 140 Å². The molecule has 1 N–H and O–H groups in total. The van der Waals surface area contributed by atoms with Crippen LogP contribution in [0.15, 0.2) is 30.3 Å². The molecule has 1 aromatic carbocycles. The van der Waals surface area contributed by atoms with Gasteiger partial charge in [-0.25, -0.2) is 0 Å². The maximum absolute atomic E-state index is 12.5. The zero-order valence-corrected chi connectivity index (χ0v) is 15.4. The van der Waals surface area contributed by atoms with Crippen LogP contribution in [0.25, 0.3) is 0 Å². The number of nitrogens with one attached hydrogen (secondary N) is 1. The normalized spacial score (nSPS) is 19.7. The highest BCUT2D eigenvalue weighted by Crippen LogP contribution is 2.28. The molecule has 0 radical (unpaired) electrons. The molecule has 1 atom stereocenters. The van der Waals surface area contributed by atoms with Crippen molar-refractivity contribution >= 4 is 10.2 Å². The fourth-order valence-electron chi connectivity index (χ4n) is 3.17. The van der Waals surface area contributed by atoms with Gasteiger partial charge in [-0.15, -0.1) is 0 Å². The quantitative estimate of drug-likeness (QED) is 0.860. The molecular formula is C17H29N3O2S. The highest BCUT2D eigenvalue weighted by atomic mass is 32.2. The van der Waals surface area contributed by atoms with E-state index in [1.165, 1.54) is 5.56 Å². The first-order valence-electron chi connectivity index (χ1n) is 8.22. The van der Waals surface area contributed by atoms with Gasteiger partial charge in [-0.05, 0) is 31.4 Å². The van der Waals surface area contributed by atoms with Gasteiger partial charge in [0.1, 0.15) is 0 Å². The number of nitrogens with zero attached hydrogens (tertiary/aromatic N) is 2. The topological polar surface area (TPSA) is 52.7 Å². The SMILES string of the molecule is C[C@H](CC(C)(C)c1ccccc1)NS(=O)(=O)N1CCN(C)CC1. The summed E-state index contributed by atoms with van der Waals surface area (Å²) in [5.74, 6) is 0. The molecule has 0 saturated carbocycles. The summed E-state index contributed by atoms with van der Waals surface area (Å²) >= 11 is 0. The number of likely N-dealkylation sites (N-methyl/N-ethyl adjacent to an activating group) is 1. The predicted molar refractivity (Wildman–Crippen MR) is 94.7 cm³/mol. The van der Waals surface area contributed by atoms with Crippen molar-refractivity contribution in [3.8, 4) is 0 Å². The van der Waals surface area contributed by atoms with Gasteiger partial charge in [0, 0.05) is 32.2 Å². The molecule has 1 heterocycles. The molecule has 0 spiro atoms. The first-order chi connectivity index (χ1) is 10.7. The first kappa shape index (κ1) is 18.4. The molecule has 0 unspecified atom stereocenters. The van der Waals surface area contributed by atoms with Gasteiger partial charge in [-0.2, -0.15) is 17.4 Å². The lowest BCUT2D eigenvalue weighted by Crippen LogP contribution is -2.52. The zero-order valence-electron chi connectivity index (χ0n) is 14.6.